The zero-order valence-electron chi connectivity index (χ0n) is 42.5. The second kappa shape index (κ2) is 16.2. The zero-order valence-corrected chi connectivity index (χ0v) is 42.5. The van der Waals surface area contributed by atoms with Crippen molar-refractivity contribution in [1.82, 2.24) is 4.57 Å². The Bertz CT molecular complexity index is 4460. The summed E-state index contributed by atoms with van der Waals surface area (Å²) in [4.78, 5) is 4.84. The Morgan fingerprint density at radius 3 is 1.33 bits per heavy atom. The van der Waals surface area contributed by atoms with Gasteiger partial charge in [-0.2, -0.15) is 0 Å². The fraction of sp³-hybridized carbons (Fsp3) is 0.0833. The predicted molar refractivity (Wildman–Crippen MR) is 318 cm³/mol. The molecule has 0 bridgehead atoms. The molecule has 12 aromatic carbocycles. The molecule has 0 amide bonds. The van der Waals surface area contributed by atoms with E-state index >= 15 is 0 Å². The van der Waals surface area contributed by atoms with Crippen LogP contribution in [-0.4, -0.2) is 4.57 Å². The Labute approximate surface area is 437 Å². The van der Waals surface area contributed by atoms with Crippen LogP contribution in [0.5, 0.6) is 0 Å². The number of aromatic nitrogens is 1. The van der Waals surface area contributed by atoms with Gasteiger partial charge in [0.05, 0.1) is 33.8 Å². The number of para-hydroxylation sites is 3. The van der Waals surface area contributed by atoms with E-state index in [4.69, 9.17) is 0 Å². The standard InChI is InChI=1S/C72H53N3/c1-71(2)61-32-19-33-62-70(61)75-68-59(42-49(44-63(68)71)46-36-38-53(39-37-46)73(51-24-7-5-8-25-51)65-34-17-22-47-20-11-13-28-55(47)65)60-43-50(45-64(69(60)75)72(62,3)4)54-40-41-67(58-31-16-15-30-57(54)58)74(52-26-9-6-10-27-52)66-35-18-23-48-21-12-14-29-56(48)66/h5-45H,1-4H3. The maximum atomic E-state index is 2.65. The summed E-state index contributed by atoms with van der Waals surface area (Å²) in [5.41, 5.74) is 20.7. The summed E-state index contributed by atoms with van der Waals surface area (Å²) in [5.74, 6) is 0. The Morgan fingerprint density at radius 2 is 0.733 bits per heavy atom. The summed E-state index contributed by atoms with van der Waals surface area (Å²) in [7, 11) is 0. The van der Waals surface area contributed by atoms with E-state index in [0.29, 0.717) is 0 Å². The summed E-state index contributed by atoms with van der Waals surface area (Å²) < 4.78 is 2.65. The lowest BCUT2D eigenvalue weighted by molar-refractivity contribution is 0.594. The van der Waals surface area contributed by atoms with Gasteiger partial charge in [0.2, 0.25) is 0 Å². The number of anilines is 6. The molecule has 15 rings (SSSR count). The Balaban J connectivity index is 0.944. The lowest BCUT2D eigenvalue weighted by Gasteiger charge is -2.42. The summed E-state index contributed by atoms with van der Waals surface area (Å²) in [6.07, 6.45) is 0. The first-order valence-corrected chi connectivity index (χ1v) is 26.3. The van der Waals surface area contributed by atoms with Crippen LogP contribution in [0.3, 0.4) is 0 Å². The van der Waals surface area contributed by atoms with Gasteiger partial charge in [-0.15, -0.1) is 0 Å². The van der Waals surface area contributed by atoms with Gasteiger partial charge in [0.1, 0.15) is 0 Å². The zero-order chi connectivity index (χ0) is 50.2. The molecule has 3 heterocycles. The van der Waals surface area contributed by atoms with Crippen molar-refractivity contribution < 1.29 is 0 Å². The quantitative estimate of drug-likeness (QED) is 0.150. The van der Waals surface area contributed by atoms with Gasteiger partial charge in [0, 0.05) is 54.8 Å². The van der Waals surface area contributed by atoms with Crippen LogP contribution in [0.4, 0.5) is 34.1 Å². The van der Waals surface area contributed by atoms with Gasteiger partial charge in [-0.1, -0.05) is 198 Å². The number of fused-ring (bicyclic) bond motifs is 4. The third-order valence-corrected chi connectivity index (χ3v) is 16.9. The molecule has 1 aromatic heterocycles. The molecule has 2 aliphatic heterocycles. The van der Waals surface area contributed by atoms with E-state index in [9.17, 15) is 0 Å². The molecule has 75 heavy (non-hydrogen) atoms. The molecule has 356 valence electrons. The van der Waals surface area contributed by atoms with E-state index in [1.165, 1.54) is 104 Å². The normalized spacial score (nSPS) is 13.8. The van der Waals surface area contributed by atoms with Gasteiger partial charge in [-0.3, -0.25) is 0 Å². The Hall–Kier alpha value is -9.18. The first-order valence-electron chi connectivity index (χ1n) is 26.3. The molecule has 2 aliphatic rings. The second-order valence-electron chi connectivity index (χ2n) is 21.7. The molecule has 0 radical (unpaired) electrons. The topological polar surface area (TPSA) is 11.4 Å². The first kappa shape index (κ1) is 43.4. The average molecular weight is 960 g/mol. The summed E-state index contributed by atoms with van der Waals surface area (Å²) in [6, 6.07) is 92.3. The van der Waals surface area contributed by atoms with Crippen LogP contribution in [0.15, 0.2) is 249 Å². The maximum Gasteiger partial charge on any atom is 0.0582 e. The van der Waals surface area contributed by atoms with Crippen LogP contribution in [-0.2, 0) is 10.8 Å². The second-order valence-corrected chi connectivity index (χ2v) is 21.7. The fourth-order valence-electron chi connectivity index (χ4n) is 13.2. The maximum absolute atomic E-state index is 2.65. The van der Waals surface area contributed by atoms with Crippen molar-refractivity contribution in [2.24, 2.45) is 0 Å². The molecule has 13 aromatic rings. The minimum Gasteiger partial charge on any atom is -0.310 e. The van der Waals surface area contributed by atoms with Crippen molar-refractivity contribution in [1.29, 1.82) is 0 Å². The lowest BCUT2D eigenvalue weighted by atomic mass is 9.68. The van der Waals surface area contributed by atoms with E-state index in [-0.39, 0.29) is 10.8 Å². The summed E-state index contributed by atoms with van der Waals surface area (Å²) in [5, 5.41) is 9.90. The van der Waals surface area contributed by atoms with Gasteiger partial charge < -0.3 is 14.4 Å². The van der Waals surface area contributed by atoms with Crippen molar-refractivity contribution in [2.45, 2.75) is 38.5 Å². The minimum atomic E-state index is -0.265. The number of rotatable bonds is 8. The van der Waals surface area contributed by atoms with Crippen LogP contribution in [0.25, 0.3) is 82.1 Å². The van der Waals surface area contributed by atoms with Crippen molar-refractivity contribution in [3.8, 4) is 27.9 Å². The van der Waals surface area contributed by atoms with Crippen LogP contribution >= 0.6 is 0 Å². The predicted octanol–water partition coefficient (Wildman–Crippen LogP) is 19.8. The molecule has 0 aliphatic carbocycles. The molecular formula is C72H53N3. The number of benzene rings is 12. The average Bonchev–Trinajstić information content (AvgIpc) is 4.06. The third-order valence-electron chi connectivity index (χ3n) is 16.9. The number of hydrogen-bond acceptors (Lipinski definition) is 2. The highest BCUT2D eigenvalue weighted by molar-refractivity contribution is 6.17. The van der Waals surface area contributed by atoms with Crippen LogP contribution in [0.1, 0.15) is 49.9 Å². The van der Waals surface area contributed by atoms with Crippen LogP contribution in [0, 0.1) is 0 Å². The molecular weight excluding hydrogens is 907 g/mol. The first-order chi connectivity index (χ1) is 36.7. The highest BCUT2D eigenvalue weighted by Crippen LogP contribution is 2.57. The van der Waals surface area contributed by atoms with Crippen molar-refractivity contribution in [2.75, 3.05) is 9.80 Å². The number of nitrogens with zero attached hydrogens (tertiary/aromatic N) is 3. The van der Waals surface area contributed by atoms with E-state index < -0.39 is 0 Å². The Kier molecular flexibility index (Phi) is 9.35. The van der Waals surface area contributed by atoms with Gasteiger partial charge in [-0.25, -0.2) is 0 Å². The van der Waals surface area contributed by atoms with E-state index in [1.54, 1.807) is 0 Å². The summed E-state index contributed by atoms with van der Waals surface area (Å²) >= 11 is 0. The fourth-order valence-corrected chi connectivity index (χ4v) is 13.2. The highest BCUT2D eigenvalue weighted by atomic mass is 15.2. The molecule has 0 unspecified atom stereocenters. The molecule has 0 atom stereocenters. The van der Waals surface area contributed by atoms with Gasteiger partial charge in [0.15, 0.2) is 0 Å². The summed E-state index contributed by atoms with van der Waals surface area (Å²) in [6.45, 7) is 9.76. The largest absolute Gasteiger partial charge is 0.310 e. The van der Waals surface area contributed by atoms with Crippen molar-refractivity contribution in [3.63, 3.8) is 0 Å². The molecule has 0 N–H and O–H groups in total. The Morgan fingerprint density at radius 1 is 0.293 bits per heavy atom. The molecule has 0 saturated carbocycles. The molecule has 0 spiro atoms. The van der Waals surface area contributed by atoms with Crippen molar-refractivity contribution in [3.05, 3.63) is 271 Å². The van der Waals surface area contributed by atoms with E-state index in [1.807, 2.05) is 0 Å². The van der Waals surface area contributed by atoms with Crippen LogP contribution < -0.4 is 9.80 Å². The molecule has 3 heteroatoms. The minimum absolute atomic E-state index is 0.250. The highest BCUT2D eigenvalue weighted by Gasteiger charge is 2.44. The number of hydrogen-bond donors (Lipinski definition) is 0. The lowest BCUT2D eigenvalue weighted by Crippen LogP contribution is -2.33. The molecule has 3 nitrogen and oxygen atoms in total. The third kappa shape index (κ3) is 6.34. The monoisotopic (exact) mass is 959 g/mol. The van der Waals surface area contributed by atoms with Gasteiger partial charge in [0.25, 0.3) is 0 Å². The smallest absolute Gasteiger partial charge is 0.0582 e. The molecule has 0 fully saturated rings. The van der Waals surface area contributed by atoms with Gasteiger partial charge >= 0.3 is 0 Å². The van der Waals surface area contributed by atoms with Gasteiger partial charge in [-0.05, 0) is 140 Å². The van der Waals surface area contributed by atoms with Crippen LogP contribution in [0.2, 0.25) is 0 Å². The molecule has 0 saturated heterocycles. The SMILES string of the molecule is CC1(C)c2cccc3c2-n2c4c1cc(-c1ccc(N(c5ccccc5)c5cccc6ccccc56)cc1)cc4c1cc(-c4ccc(N(c5ccccc5)c5cccc6ccccc56)c5ccccc45)cc(c12)C3(C)C. The van der Waals surface area contributed by atoms with Crippen molar-refractivity contribution >= 4 is 88.2 Å². The van der Waals surface area contributed by atoms with E-state index in [0.717, 1.165) is 34.1 Å². The van der Waals surface area contributed by atoms with E-state index in [2.05, 4.69) is 291 Å².